The topological polar surface area (TPSA) is 36.8 Å². The van der Waals surface area contributed by atoms with Gasteiger partial charge in [-0.05, 0) is 67.0 Å². The van der Waals surface area contributed by atoms with Gasteiger partial charge in [-0.2, -0.15) is 0 Å². The Morgan fingerprint density at radius 2 is 1.76 bits per heavy atom. The van der Waals surface area contributed by atoms with E-state index in [1.807, 2.05) is 43.7 Å². The number of ether oxygens (including phenoxy) is 1. The number of hydrogen-bond acceptors (Lipinski definition) is 4. The number of piperazine rings is 1. The highest BCUT2D eigenvalue weighted by Gasteiger charge is 2.20. The monoisotopic (exact) mass is 497 g/mol. The van der Waals surface area contributed by atoms with Crippen LogP contribution in [-0.4, -0.2) is 70.8 Å². The summed E-state index contributed by atoms with van der Waals surface area (Å²) in [6.45, 7) is 4.54. The molecule has 1 aliphatic heterocycles. The number of hydrogen-bond donors (Lipinski definition) is 0. The van der Waals surface area contributed by atoms with Gasteiger partial charge in [0.15, 0.2) is 5.11 Å². The van der Waals surface area contributed by atoms with Crippen molar-refractivity contribution in [2.75, 3.05) is 45.2 Å². The molecule has 6 nitrogen and oxygen atoms in total. The molecule has 1 atom stereocenters. The predicted molar refractivity (Wildman–Crippen MR) is 143 cm³/mol. The highest BCUT2D eigenvalue weighted by atomic mass is 35.5. The molecular formula is C26H32ClN5OS. The first-order valence-corrected chi connectivity index (χ1v) is 12.4. The van der Waals surface area contributed by atoms with E-state index in [1.165, 1.54) is 11.3 Å². The summed E-state index contributed by atoms with van der Waals surface area (Å²) in [7, 11) is 4.01. The van der Waals surface area contributed by atoms with Crippen LogP contribution in [-0.2, 0) is 13.0 Å². The molecule has 0 spiro atoms. The van der Waals surface area contributed by atoms with Crippen molar-refractivity contribution < 1.29 is 4.74 Å². The summed E-state index contributed by atoms with van der Waals surface area (Å²) >= 11 is 11.5. The molecule has 1 saturated heterocycles. The molecule has 3 aromatic rings. The van der Waals surface area contributed by atoms with Crippen LogP contribution in [0.15, 0.2) is 67.3 Å². The van der Waals surface area contributed by atoms with E-state index in [2.05, 4.69) is 55.7 Å². The number of halogens is 1. The third kappa shape index (κ3) is 6.64. The highest BCUT2D eigenvalue weighted by molar-refractivity contribution is 7.80. The molecule has 0 radical (unpaired) electrons. The number of imidazole rings is 1. The number of nitrogens with zero attached hydrogens (tertiary/aromatic N) is 5. The maximum Gasteiger partial charge on any atom is 0.171 e. The summed E-state index contributed by atoms with van der Waals surface area (Å²) in [5.41, 5.74) is 2.47. The Kier molecular flexibility index (Phi) is 8.29. The van der Waals surface area contributed by atoms with Crippen molar-refractivity contribution in [2.45, 2.75) is 25.5 Å². The van der Waals surface area contributed by atoms with Gasteiger partial charge in [-0.15, -0.1) is 0 Å². The molecule has 4 rings (SSSR count). The molecule has 1 aliphatic rings. The van der Waals surface area contributed by atoms with Gasteiger partial charge in [-0.1, -0.05) is 23.7 Å². The molecular weight excluding hydrogens is 466 g/mol. The average Bonchev–Trinajstić information content (AvgIpc) is 3.37. The summed E-state index contributed by atoms with van der Waals surface area (Å²) in [4.78, 5) is 10.9. The molecule has 34 heavy (non-hydrogen) atoms. The quantitative estimate of drug-likeness (QED) is 0.424. The minimum atomic E-state index is 0.0336. The van der Waals surface area contributed by atoms with Gasteiger partial charge >= 0.3 is 0 Å². The number of benzene rings is 2. The lowest BCUT2D eigenvalue weighted by Crippen LogP contribution is -2.51. The molecule has 1 fully saturated rings. The van der Waals surface area contributed by atoms with Gasteiger partial charge in [-0.3, -0.25) is 0 Å². The van der Waals surface area contributed by atoms with Gasteiger partial charge in [0.25, 0.3) is 0 Å². The fraction of sp³-hybridized carbons (Fsp3) is 0.385. The Bertz CT molecular complexity index is 1030. The number of aryl methyl sites for hydroxylation is 1. The fourth-order valence-electron chi connectivity index (χ4n) is 4.16. The molecule has 1 unspecified atom stereocenters. The molecule has 0 N–H and O–H groups in total. The van der Waals surface area contributed by atoms with Crippen LogP contribution in [0.25, 0.3) is 0 Å². The Morgan fingerprint density at radius 3 is 2.38 bits per heavy atom. The minimum absolute atomic E-state index is 0.0336. The SMILES string of the molecule is CN(C)C(=S)N1CCN(c2ccc(OC(CCc3ccc(Cl)cc3)Cn3ccnc3)cc2)CC1. The third-order valence-corrected chi connectivity index (χ3v) is 6.95. The molecule has 2 aromatic carbocycles. The highest BCUT2D eigenvalue weighted by Crippen LogP contribution is 2.23. The van der Waals surface area contributed by atoms with Gasteiger partial charge in [0.1, 0.15) is 11.9 Å². The molecule has 2 heterocycles. The lowest BCUT2D eigenvalue weighted by Gasteiger charge is -2.38. The maximum atomic E-state index is 6.43. The predicted octanol–water partition coefficient (Wildman–Crippen LogP) is 4.59. The zero-order valence-corrected chi connectivity index (χ0v) is 21.4. The van der Waals surface area contributed by atoms with E-state index < -0.39 is 0 Å². The molecule has 0 saturated carbocycles. The first-order chi connectivity index (χ1) is 16.5. The molecule has 0 amide bonds. The van der Waals surface area contributed by atoms with Crippen LogP contribution >= 0.6 is 23.8 Å². The van der Waals surface area contributed by atoms with Gasteiger partial charge in [0.05, 0.1) is 12.9 Å². The van der Waals surface area contributed by atoms with E-state index >= 15 is 0 Å². The second kappa shape index (κ2) is 11.6. The van der Waals surface area contributed by atoms with Crippen molar-refractivity contribution in [1.29, 1.82) is 0 Å². The molecule has 0 bridgehead atoms. The van der Waals surface area contributed by atoms with Crippen molar-refractivity contribution >= 4 is 34.6 Å². The standard InChI is InChI=1S/C26H32ClN5OS/c1-29(2)26(34)32-17-15-31(16-18-32)23-8-11-24(12-9-23)33-25(19-30-14-13-28-20-30)10-5-21-3-6-22(27)7-4-21/h3-4,6-9,11-14,20,25H,5,10,15-19H2,1-2H3. The largest absolute Gasteiger partial charge is 0.489 e. The van der Waals surface area contributed by atoms with Crippen LogP contribution in [0, 0.1) is 0 Å². The van der Waals surface area contributed by atoms with Gasteiger partial charge in [0, 0.05) is 63.4 Å². The second-order valence-corrected chi connectivity index (χ2v) is 9.61. The lowest BCUT2D eigenvalue weighted by atomic mass is 10.1. The first kappa shape index (κ1) is 24.4. The van der Waals surface area contributed by atoms with Crippen LogP contribution in [0.4, 0.5) is 5.69 Å². The summed E-state index contributed by atoms with van der Waals surface area (Å²) < 4.78 is 8.49. The van der Waals surface area contributed by atoms with Gasteiger partial charge in [-0.25, -0.2) is 4.98 Å². The van der Waals surface area contributed by atoms with Crippen LogP contribution in [0.3, 0.4) is 0 Å². The number of thiocarbonyl (C=S) groups is 1. The maximum absolute atomic E-state index is 6.43. The number of rotatable bonds is 8. The third-order valence-electron chi connectivity index (χ3n) is 6.08. The summed E-state index contributed by atoms with van der Waals surface area (Å²) in [5, 5.41) is 1.67. The smallest absolute Gasteiger partial charge is 0.171 e. The zero-order valence-electron chi connectivity index (χ0n) is 19.8. The lowest BCUT2D eigenvalue weighted by molar-refractivity contribution is 0.170. The van der Waals surface area contributed by atoms with Crippen molar-refractivity contribution in [3.8, 4) is 5.75 Å². The van der Waals surface area contributed by atoms with E-state index in [-0.39, 0.29) is 6.10 Å². The van der Waals surface area contributed by atoms with Crippen LogP contribution in [0.2, 0.25) is 5.02 Å². The van der Waals surface area contributed by atoms with Crippen molar-refractivity contribution in [1.82, 2.24) is 19.4 Å². The van der Waals surface area contributed by atoms with E-state index in [0.717, 1.165) is 61.5 Å². The fourth-order valence-corrected chi connectivity index (χ4v) is 4.47. The molecule has 1 aromatic heterocycles. The van der Waals surface area contributed by atoms with Gasteiger partial charge < -0.3 is 24.0 Å². The molecule has 0 aliphatic carbocycles. The summed E-state index contributed by atoms with van der Waals surface area (Å²) in [6, 6.07) is 16.5. The Labute approximate surface area is 212 Å². The van der Waals surface area contributed by atoms with Crippen molar-refractivity contribution in [3.63, 3.8) is 0 Å². The van der Waals surface area contributed by atoms with Crippen molar-refractivity contribution in [3.05, 3.63) is 77.8 Å². The molecule has 180 valence electrons. The Morgan fingerprint density at radius 1 is 1.06 bits per heavy atom. The van der Waals surface area contributed by atoms with Crippen LogP contribution < -0.4 is 9.64 Å². The summed E-state index contributed by atoms with van der Waals surface area (Å²) in [5.74, 6) is 0.886. The zero-order chi connectivity index (χ0) is 23.9. The van der Waals surface area contributed by atoms with Crippen LogP contribution in [0.5, 0.6) is 5.75 Å². The summed E-state index contributed by atoms with van der Waals surface area (Å²) in [6.07, 6.45) is 7.47. The Hall–Kier alpha value is -2.77. The molecule has 8 heteroatoms. The van der Waals surface area contributed by atoms with Gasteiger partial charge in [0.2, 0.25) is 0 Å². The van der Waals surface area contributed by atoms with E-state index in [4.69, 9.17) is 28.6 Å². The normalized spacial score (nSPS) is 14.7. The van der Waals surface area contributed by atoms with E-state index in [9.17, 15) is 0 Å². The second-order valence-electron chi connectivity index (χ2n) is 8.81. The Balaban J connectivity index is 1.35. The number of aromatic nitrogens is 2. The number of anilines is 1. The minimum Gasteiger partial charge on any atom is -0.489 e. The average molecular weight is 498 g/mol. The van der Waals surface area contributed by atoms with E-state index in [1.54, 1.807) is 6.20 Å². The van der Waals surface area contributed by atoms with E-state index in [0.29, 0.717) is 0 Å². The first-order valence-electron chi connectivity index (χ1n) is 11.7. The van der Waals surface area contributed by atoms with Crippen LogP contribution in [0.1, 0.15) is 12.0 Å². The van der Waals surface area contributed by atoms with Crippen molar-refractivity contribution in [2.24, 2.45) is 0 Å².